The van der Waals surface area contributed by atoms with Crippen LogP contribution in [0.3, 0.4) is 0 Å². The van der Waals surface area contributed by atoms with Crippen molar-refractivity contribution in [3.05, 3.63) is 60.3 Å². The molecule has 0 unspecified atom stereocenters. The summed E-state index contributed by atoms with van der Waals surface area (Å²) in [5.41, 5.74) is 3.75. The zero-order chi connectivity index (χ0) is 18.9. The first kappa shape index (κ1) is 18.2. The molecule has 2 aromatic carbocycles. The zero-order valence-electron chi connectivity index (χ0n) is 16.2. The number of benzene rings is 2. The zero-order valence-corrected chi connectivity index (χ0v) is 16.2. The smallest absolute Gasteiger partial charge is 0.143 e. The minimum absolute atomic E-state index is 0.0177. The molecule has 26 heavy (non-hydrogen) atoms. The second kappa shape index (κ2) is 6.60. The van der Waals surface area contributed by atoms with E-state index in [-0.39, 0.29) is 16.6 Å². The number of phenols is 1. The SMILES string of the molecule is CC(C)(C)CC(C)(C)c1ccc(O)c(-n2ncc(-c3ccccc3)n2)c1. The van der Waals surface area contributed by atoms with E-state index in [0.29, 0.717) is 5.69 Å². The minimum Gasteiger partial charge on any atom is -0.506 e. The predicted octanol–water partition coefficient (Wildman–Crippen LogP) is 5.35. The monoisotopic (exact) mass is 349 g/mol. The molecule has 1 N–H and O–H groups in total. The van der Waals surface area contributed by atoms with Gasteiger partial charge in [-0.2, -0.15) is 5.10 Å². The fourth-order valence-electron chi connectivity index (χ4n) is 3.65. The van der Waals surface area contributed by atoms with Gasteiger partial charge in [0.05, 0.1) is 6.20 Å². The fourth-order valence-corrected chi connectivity index (χ4v) is 3.65. The molecule has 0 spiro atoms. The summed E-state index contributed by atoms with van der Waals surface area (Å²) in [6.07, 6.45) is 2.76. The summed E-state index contributed by atoms with van der Waals surface area (Å²) in [7, 11) is 0. The summed E-state index contributed by atoms with van der Waals surface area (Å²) >= 11 is 0. The van der Waals surface area contributed by atoms with Crippen LogP contribution >= 0.6 is 0 Å². The first-order valence-corrected chi connectivity index (χ1v) is 8.97. The van der Waals surface area contributed by atoms with Crippen LogP contribution in [0.15, 0.2) is 54.7 Å². The highest BCUT2D eigenvalue weighted by molar-refractivity contribution is 5.58. The highest BCUT2D eigenvalue weighted by Gasteiger charge is 2.28. The number of nitrogens with zero attached hydrogens (tertiary/aromatic N) is 3. The van der Waals surface area contributed by atoms with E-state index in [1.807, 2.05) is 42.5 Å². The average Bonchev–Trinajstić information content (AvgIpc) is 3.03. The molecule has 0 fully saturated rings. The lowest BCUT2D eigenvalue weighted by atomic mass is 9.72. The molecular formula is C22H27N3O. The molecule has 0 saturated heterocycles. The Bertz CT molecular complexity index is 889. The summed E-state index contributed by atoms with van der Waals surface area (Å²) in [6.45, 7) is 11.2. The predicted molar refractivity (Wildman–Crippen MR) is 106 cm³/mol. The third-order valence-corrected chi connectivity index (χ3v) is 4.51. The van der Waals surface area contributed by atoms with Gasteiger partial charge in [0.2, 0.25) is 0 Å². The summed E-state index contributed by atoms with van der Waals surface area (Å²) in [6, 6.07) is 15.6. The van der Waals surface area contributed by atoms with Gasteiger partial charge in [0.1, 0.15) is 17.1 Å². The van der Waals surface area contributed by atoms with Gasteiger partial charge in [-0.3, -0.25) is 0 Å². The molecule has 0 aliphatic rings. The van der Waals surface area contributed by atoms with Crippen molar-refractivity contribution in [2.45, 2.75) is 46.5 Å². The van der Waals surface area contributed by atoms with Crippen molar-refractivity contribution < 1.29 is 5.11 Å². The van der Waals surface area contributed by atoms with Crippen LogP contribution in [0, 0.1) is 5.41 Å². The third kappa shape index (κ3) is 3.96. The van der Waals surface area contributed by atoms with E-state index in [9.17, 15) is 5.11 Å². The Morgan fingerprint density at radius 1 is 0.962 bits per heavy atom. The van der Waals surface area contributed by atoms with E-state index in [4.69, 9.17) is 0 Å². The maximum absolute atomic E-state index is 10.4. The van der Waals surface area contributed by atoms with Crippen LogP contribution < -0.4 is 0 Å². The van der Waals surface area contributed by atoms with Crippen LogP contribution in [0.25, 0.3) is 16.9 Å². The van der Waals surface area contributed by atoms with Gasteiger partial charge in [0.15, 0.2) is 0 Å². The molecule has 3 aromatic rings. The van der Waals surface area contributed by atoms with E-state index in [0.717, 1.165) is 17.7 Å². The van der Waals surface area contributed by atoms with Crippen LogP contribution in [-0.2, 0) is 5.41 Å². The first-order valence-electron chi connectivity index (χ1n) is 8.97. The lowest BCUT2D eigenvalue weighted by Crippen LogP contribution is -2.25. The normalized spacial score (nSPS) is 12.3. The molecule has 0 atom stereocenters. The molecule has 0 aliphatic heterocycles. The lowest BCUT2D eigenvalue weighted by molar-refractivity contribution is 0.284. The molecule has 0 amide bonds. The lowest BCUT2D eigenvalue weighted by Gasteiger charge is -2.33. The molecule has 4 nitrogen and oxygen atoms in total. The molecule has 0 saturated carbocycles. The molecule has 0 aliphatic carbocycles. The topological polar surface area (TPSA) is 50.9 Å². The molecule has 136 valence electrons. The largest absolute Gasteiger partial charge is 0.506 e. The van der Waals surface area contributed by atoms with Gasteiger partial charge in [0.25, 0.3) is 0 Å². The number of hydrogen-bond acceptors (Lipinski definition) is 3. The van der Waals surface area contributed by atoms with Gasteiger partial charge >= 0.3 is 0 Å². The van der Waals surface area contributed by atoms with Gasteiger partial charge < -0.3 is 5.11 Å². The summed E-state index contributed by atoms with van der Waals surface area (Å²) < 4.78 is 0. The number of rotatable bonds is 4. The molecule has 1 aromatic heterocycles. The third-order valence-electron chi connectivity index (χ3n) is 4.51. The van der Waals surface area contributed by atoms with Gasteiger partial charge in [-0.1, -0.05) is 71.0 Å². The molecule has 0 bridgehead atoms. The van der Waals surface area contributed by atoms with Gasteiger partial charge in [-0.15, -0.1) is 9.90 Å². The Morgan fingerprint density at radius 3 is 2.31 bits per heavy atom. The first-order chi connectivity index (χ1) is 12.2. The second-order valence-corrected chi connectivity index (χ2v) is 8.71. The van der Waals surface area contributed by atoms with E-state index < -0.39 is 0 Å². The number of aromatic nitrogens is 3. The van der Waals surface area contributed by atoms with E-state index in [2.05, 4.69) is 44.8 Å². The fraction of sp³-hybridized carbons (Fsp3) is 0.364. The van der Waals surface area contributed by atoms with E-state index >= 15 is 0 Å². The van der Waals surface area contributed by atoms with Crippen molar-refractivity contribution in [2.75, 3.05) is 0 Å². The molecular weight excluding hydrogens is 322 g/mol. The number of hydrogen-bond donors (Lipinski definition) is 1. The van der Waals surface area contributed by atoms with Crippen molar-refractivity contribution in [2.24, 2.45) is 5.41 Å². The van der Waals surface area contributed by atoms with E-state index in [1.165, 1.54) is 10.4 Å². The number of phenolic OH excluding ortho intramolecular Hbond substituents is 1. The Kier molecular flexibility index (Phi) is 4.61. The molecule has 4 heteroatoms. The average molecular weight is 349 g/mol. The summed E-state index contributed by atoms with van der Waals surface area (Å²) in [4.78, 5) is 1.51. The minimum atomic E-state index is -0.0177. The van der Waals surface area contributed by atoms with Crippen LogP contribution in [0.4, 0.5) is 0 Å². The van der Waals surface area contributed by atoms with Crippen LogP contribution in [0.5, 0.6) is 5.75 Å². The van der Waals surface area contributed by atoms with Crippen molar-refractivity contribution in [1.29, 1.82) is 0 Å². The van der Waals surface area contributed by atoms with Crippen LogP contribution in [0.2, 0.25) is 0 Å². The van der Waals surface area contributed by atoms with E-state index in [1.54, 1.807) is 12.3 Å². The summed E-state index contributed by atoms with van der Waals surface area (Å²) in [5, 5.41) is 19.3. The van der Waals surface area contributed by atoms with Crippen molar-refractivity contribution in [3.63, 3.8) is 0 Å². The quantitative estimate of drug-likeness (QED) is 0.690. The second-order valence-electron chi connectivity index (χ2n) is 8.71. The van der Waals surface area contributed by atoms with Crippen molar-refractivity contribution >= 4 is 0 Å². The Morgan fingerprint density at radius 2 is 1.65 bits per heavy atom. The standard InChI is InChI=1S/C22H27N3O/c1-21(2,3)15-22(4,5)17-11-12-20(26)19(13-17)25-23-14-18(24-25)16-9-7-6-8-10-16/h6-14,26H,15H2,1-5H3. The van der Waals surface area contributed by atoms with Crippen molar-refractivity contribution in [1.82, 2.24) is 15.0 Å². The highest BCUT2D eigenvalue weighted by Crippen LogP contribution is 2.38. The highest BCUT2D eigenvalue weighted by atomic mass is 16.3. The van der Waals surface area contributed by atoms with Crippen LogP contribution in [0.1, 0.15) is 46.6 Å². The maximum Gasteiger partial charge on any atom is 0.143 e. The van der Waals surface area contributed by atoms with Gasteiger partial charge in [0, 0.05) is 5.56 Å². The van der Waals surface area contributed by atoms with Crippen LogP contribution in [-0.4, -0.2) is 20.1 Å². The molecule has 3 rings (SSSR count). The summed E-state index contributed by atoms with van der Waals surface area (Å²) in [5.74, 6) is 0.176. The van der Waals surface area contributed by atoms with Gasteiger partial charge in [-0.25, -0.2) is 0 Å². The van der Waals surface area contributed by atoms with Crippen molar-refractivity contribution in [3.8, 4) is 22.7 Å². The number of aromatic hydroxyl groups is 1. The Hall–Kier alpha value is -2.62. The van der Waals surface area contributed by atoms with Gasteiger partial charge in [-0.05, 0) is 34.9 Å². The Balaban J connectivity index is 1.98. The molecule has 0 radical (unpaired) electrons. The maximum atomic E-state index is 10.4. The Labute approximate surface area is 155 Å². The molecule has 1 heterocycles.